The van der Waals surface area contributed by atoms with Crippen molar-refractivity contribution in [1.29, 1.82) is 0 Å². The number of rotatable bonds is 3. The predicted molar refractivity (Wildman–Crippen MR) is 56.4 cm³/mol. The van der Waals surface area contributed by atoms with E-state index < -0.39 is 5.60 Å². The van der Waals surface area contributed by atoms with Gasteiger partial charge in [-0.05, 0) is 13.3 Å². The second-order valence-corrected chi connectivity index (χ2v) is 4.13. The number of aryl methyl sites for hydroxylation is 1. The van der Waals surface area contributed by atoms with Crippen LogP contribution in [0.2, 0.25) is 0 Å². The summed E-state index contributed by atoms with van der Waals surface area (Å²) >= 11 is 0. The van der Waals surface area contributed by atoms with Gasteiger partial charge < -0.3 is 14.4 Å². The zero-order valence-electron chi connectivity index (χ0n) is 9.31. The van der Waals surface area contributed by atoms with Gasteiger partial charge in [-0.2, -0.15) is 0 Å². The summed E-state index contributed by atoms with van der Waals surface area (Å²) in [6.45, 7) is 5.52. The summed E-state index contributed by atoms with van der Waals surface area (Å²) in [6, 6.07) is 0. The molecule has 2 rings (SSSR count). The monoisotopic (exact) mass is 210 g/mol. The van der Waals surface area contributed by atoms with Crippen LogP contribution in [0.3, 0.4) is 0 Å². The minimum atomic E-state index is -0.904. The largest absolute Gasteiger partial charge is 0.379 e. The Hall–Kier alpha value is -0.870. The lowest BCUT2D eigenvalue weighted by Crippen LogP contribution is -2.36. The lowest BCUT2D eigenvalue weighted by molar-refractivity contribution is -0.0402. The Labute approximate surface area is 89.9 Å². The molecular formula is C11H18N2O2. The topological polar surface area (TPSA) is 47.3 Å². The number of nitrogens with zero attached hydrogens (tertiary/aromatic N) is 2. The molecule has 1 aliphatic rings. The van der Waals surface area contributed by atoms with Crippen LogP contribution in [-0.2, 0) is 16.9 Å². The zero-order valence-corrected chi connectivity index (χ0v) is 9.31. The molecule has 0 spiro atoms. The first-order valence-corrected chi connectivity index (χ1v) is 5.54. The predicted octanol–water partition coefficient (Wildman–Crippen LogP) is 1.29. The van der Waals surface area contributed by atoms with Crippen LogP contribution in [0.25, 0.3) is 0 Å². The van der Waals surface area contributed by atoms with E-state index in [0.717, 1.165) is 18.8 Å². The molecule has 2 heterocycles. The van der Waals surface area contributed by atoms with E-state index in [-0.39, 0.29) is 6.10 Å². The van der Waals surface area contributed by atoms with E-state index in [4.69, 9.17) is 4.74 Å². The van der Waals surface area contributed by atoms with E-state index in [0.29, 0.717) is 13.0 Å². The van der Waals surface area contributed by atoms with E-state index in [1.807, 2.05) is 17.7 Å². The first-order chi connectivity index (χ1) is 7.18. The third-order valence-electron chi connectivity index (χ3n) is 3.09. The number of aliphatic hydroxyl groups is 1. The Morgan fingerprint density at radius 3 is 3.13 bits per heavy atom. The Balaban J connectivity index is 2.31. The van der Waals surface area contributed by atoms with Gasteiger partial charge in [0.1, 0.15) is 5.82 Å². The third-order valence-corrected chi connectivity index (χ3v) is 3.09. The van der Waals surface area contributed by atoms with Gasteiger partial charge in [0.05, 0.1) is 12.7 Å². The van der Waals surface area contributed by atoms with Gasteiger partial charge in [-0.15, -0.1) is 0 Å². The van der Waals surface area contributed by atoms with Crippen molar-refractivity contribution in [1.82, 2.24) is 9.55 Å². The van der Waals surface area contributed by atoms with Crippen molar-refractivity contribution in [3.63, 3.8) is 0 Å². The highest BCUT2D eigenvalue weighted by atomic mass is 16.5. The summed E-state index contributed by atoms with van der Waals surface area (Å²) in [5.74, 6) is 0.745. The van der Waals surface area contributed by atoms with Crippen LogP contribution in [0.15, 0.2) is 12.4 Å². The molecule has 2 atom stereocenters. The van der Waals surface area contributed by atoms with E-state index in [1.54, 1.807) is 6.20 Å². The fourth-order valence-corrected chi connectivity index (χ4v) is 2.14. The van der Waals surface area contributed by atoms with Crippen molar-refractivity contribution in [3.05, 3.63) is 18.2 Å². The highest BCUT2D eigenvalue weighted by Crippen LogP contribution is 2.34. The van der Waals surface area contributed by atoms with Gasteiger partial charge >= 0.3 is 0 Å². The van der Waals surface area contributed by atoms with E-state index >= 15 is 0 Å². The molecule has 84 valence electrons. The number of ether oxygens (including phenoxy) is 1. The molecule has 15 heavy (non-hydrogen) atoms. The molecule has 1 aromatic heterocycles. The normalized spacial score (nSPS) is 31.0. The van der Waals surface area contributed by atoms with Crippen molar-refractivity contribution in [2.75, 3.05) is 6.61 Å². The molecule has 0 aliphatic carbocycles. The Kier molecular flexibility index (Phi) is 2.80. The Bertz CT molecular complexity index is 337. The van der Waals surface area contributed by atoms with Gasteiger partial charge in [0.25, 0.3) is 0 Å². The first-order valence-electron chi connectivity index (χ1n) is 5.54. The summed E-state index contributed by atoms with van der Waals surface area (Å²) in [5, 5.41) is 10.5. The van der Waals surface area contributed by atoms with Crippen LogP contribution in [0.1, 0.15) is 32.5 Å². The standard InChI is InChI=1S/C11H18N2O2/c1-3-6-13-7-5-12-10(13)11(14)4-8-15-9(11)2/h5,7,9,14H,3-4,6,8H2,1-2H3. The molecule has 1 N–H and O–H groups in total. The molecular weight excluding hydrogens is 192 g/mol. The Morgan fingerprint density at radius 2 is 2.53 bits per heavy atom. The molecule has 4 heteroatoms. The Morgan fingerprint density at radius 1 is 1.73 bits per heavy atom. The van der Waals surface area contributed by atoms with Crippen LogP contribution in [-0.4, -0.2) is 27.4 Å². The van der Waals surface area contributed by atoms with Crippen LogP contribution in [0.4, 0.5) is 0 Å². The van der Waals surface area contributed by atoms with Gasteiger partial charge in [-0.3, -0.25) is 0 Å². The summed E-state index contributed by atoms with van der Waals surface area (Å²) < 4.78 is 7.44. The molecule has 1 aromatic rings. The van der Waals surface area contributed by atoms with E-state index in [1.165, 1.54) is 0 Å². The zero-order chi connectivity index (χ0) is 10.9. The van der Waals surface area contributed by atoms with Crippen molar-refractivity contribution in [2.45, 2.75) is 44.9 Å². The molecule has 1 saturated heterocycles. The number of imidazole rings is 1. The van der Waals surface area contributed by atoms with Gasteiger partial charge in [0.2, 0.25) is 0 Å². The lowest BCUT2D eigenvalue weighted by atomic mass is 9.95. The van der Waals surface area contributed by atoms with Gasteiger partial charge in [0.15, 0.2) is 5.60 Å². The maximum Gasteiger partial charge on any atom is 0.150 e. The molecule has 0 aromatic carbocycles. The fourth-order valence-electron chi connectivity index (χ4n) is 2.14. The van der Waals surface area contributed by atoms with Crippen molar-refractivity contribution < 1.29 is 9.84 Å². The van der Waals surface area contributed by atoms with Crippen molar-refractivity contribution in [3.8, 4) is 0 Å². The average Bonchev–Trinajstić information content (AvgIpc) is 2.77. The van der Waals surface area contributed by atoms with E-state index in [9.17, 15) is 5.11 Å². The van der Waals surface area contributed by atoms with Gasteiger partial charge in [-0.25, -0.2) is 4.98 Å². The van der Waals surface area contributed by atoms with Crippen LogP contribution in [0.5, 0.6) is 0 Å². The van der Waals surface area contributed by atoms with E-state index in [2.05, 4.69) is 11.9 Å². The van der Waals surface area contributed by atoms with Crippen molar-refractivity contribution in [2.24, 2.45) is 0 Å². The van der Waals surface area contributed by atoms with Gasteiger partial charge in [0, 0.05) is 25.4 Å². The smallest absolute Gasteiger partial charge is 0.150 e. The summed E-state index contributed by atoms with van der Waals surface area (Å²) in [6.07, 6.45) is 5.16. The average molecular weight is 210 g/mol. The van der Waals surface area contributed by atoms with Crippen LogP contribution < -0.4 is 0 Å². The van der Waals surface area contributed by atoms with Crippen molar-refractivity contribution >= 4 is 0 Å². The highest BCUT2D eigenvalue weighted by Gasteiger charge is 2.44. The second-order valence-electron chi connectivity index (χ2n) is 4.13. The molecule has 1 fully saturated rings. The minimum absolute atomic E-state index is 0.171. The van der Waals surface area contributed by atoms with Gasteiger partial charge in [-0.1, -0.05) is 6.92 Å². The molecule has 1 aliphatic heterocycles. The summed E-state index contributed by atoms with van der Waals surface area (Å²) in [4.78, 5) is 4.27. The quantitative estimate of drug-likeness (QED) is 0.817. The number of aromatic nitrogens is 2. The summed E-state index contributed by atoms with van der Waals surface area (Å²) in [5.41, 5.74) is -0.904. The molecule has 0 bridgehead atoms. The third kappa shape index (κ3) is 1.68. The fraction of sp³-hybridized carbons (Fsp3) is 0.727. The first kappa shape index (κ1) is 10.6. The SMILES string of the molecule is CCCn1ccnc1C1(O)CCOC1C. The second kappa shape index (κ2) is 3.94. The molecule has 0 radical (unpaired) electrons. The molecule has 0 saturated carbocycles. The molecule has 4 nitrogen and oxygen atoms in total. The minimum Gasteiger partial charge on any atom is -0.379 e. The molecule has 2 unspecified atom stereocenters. The molecule has 0 amide bonds. The lowest BCUT2D eigenvalue weighted by Gasteiger charge is -2.26. The number of hydrogen-bond acceptors (Lipinski definition) is 3. The maximum atomic E-state index is 10.5. The highest BCUT2D eigenvalue weighted by molar-refractivity contribution is 5.09. The number of hydrogen-bond donors (Lipinski definition) is 1. The van der Waals surface area contributed by atoms with Crippen LogP contribution in [0, 0.1) is 0 Å². The van der Waals surface area contributed by atoms with Crippen LogP contribution >= 0.6 is 0 Å². The maximum absolute atomic E-state index is 10.5. The summed E-state index contributed by atoms with van der Waals surface area (Å²) in [7, 11) is 0.